The number of hydrogen-bond acceptors (Lipinski definition) is 4. The van der Waals surface area contributed by atoms with E-state index in [0.717, 1.165) is 55.0 Å². The maximum atomic E-state index is 5.48. The monoisotopic (exact) mass is 636 g/mol. The van der Waals surface area contributed by atoms with Crippen molar-refractivity contribution in [3.63, 3.8) is 0 Å². The minimum atomic E-state index is -0.241. The summed E-state index contributed by atoms with van der Waals surface area (Å²) in [6.45, 7) is 4.46. The van der Waals surface area contributed by atoms with Crippen LogP contribution in [0.1, 0.15) is 90.4 Å². The maximum absolute atomic E-state index is 5.48. The Morgan fingerprint density at radius 2 is 1.71 bits per heavy atom. The summed E-state index contributed by atoms with van der Waals surface area (Å²) < 4.78 is 0. The van der Waals surface area contributed by atoms with Gasteiger partial charge in [-0.15, -0.1) is 0 Å². The van der Waals surface area contributed by atoms with Crippen molar-refractivity contribution in [2.45, 2.75) is 75.7 Å². The van der Waals surface area contributed by atoms with Crippen molar-refractivity contribution in [2.24, 2.45) is 15.9 Å². The Labute approximate surface area is 288 Å². The fourth-order valence-corrected chi connectivity index (χ4v) is 8.93. The molecular formula is C45H40N4. The molecule has 1 aliphatic heterocycles. The highest BCUT2D eigenvalue weighted by Gasteiger charge is 2.61. The van der Waals surface area contributed by atoms with Crippen molar-refractivity contribution in [2.75, 3.05) is 0 Å². The second-order valence-corrected chi connectivity index (χ2v) is 14.7. The van der Waals surface area contributed by atoms with Crippen LogP contribution in [-0.2, 0) is 6.42 Å². The molecule has 2 saturated carbocycles. The molecule has 240 valence electrons. The average Bonchev–Trinajstić information content (AvgIpc) is 4.10. The van der Waals surface area contributed by atoms with Crippen molar-refractivity contribution >= 4 is 11.5 Å². The van der Waals surface area contributed by atoms with Crippen LogP contribution in [0.2, 0.25) is 0 Å². The lowest BCUT2D eigenvalue weighted by Gasteiger charge is -2.26. The number of benzene rings is 2. The van der Waals surface area contributed by atoms with Gasteiger partial charge in [-0.05, 0) is 114 Å². The Bertz CT molecular complexity index is 2210. The van der Waals surface area contributed by atoms with E-state index in [9.17, 15) is 0 Å². The van der Waals surface area contributed by atoms with Crippen molar-refractivity contribution in [1.82, 2.24) is 9.97 Å². The minimum Gasteiger partial charge on any atom is -0.254 e. The van der Waals surface area contributed by atoms with Gasteiger partial charge in [0.15, 0.2) is 5.84 Å². The van der Waals surface area contributed by atoms with Gasteiger partial charge in [-0.3, -0.25) is 15.0 Å². The Hall–Kier alpha value is -4.96. The van der Waals surface area contributed by atoms with Crippen LogP contribution in [-0.4, -0.2) is 27.1 Å². The molecule has 5 unspecified atom stereocenters. The molecule has 0 radical (unpaired) electrons. The third-order valence-corrected chi connectivity index (χ3v) is 11.8. The summed E-state index contributed by atoms with van der Waals surface area (Å²) in [5.41, 5.74) is 16.0. The van der Waals surface area contributed by atoms with Crippen LogP contribution in [0.15, 0.2) is 130 Å². The first-order chi connectivity index (χ1) is 24.1. The van der Waals surface area contributed by atoms with Gasteiger partial charge in [0.05, 0.1) is 22.6 Å². The first-order valence-electron chi connectivity index (χ1n) is 18.2. The molecule has 5 aliphatic carbocycles. The topological polar surface area (TPSA) is 50.5 Å². The zero-order chi connectivity index (χ0) is 32.7. The van der Waals surface area contributed by atoms with Crippen molar-refractivity contribution in [3.8, 4) is 22.5 Å². The SMILES string of the molecule is CCc1cc(C)c2c(n1)-c1nc(C3C=CC(C45CC4C(c4ccc(-c6ccccc6)cc4)=NC(C4=CC=CCC4)=N5)=CC3)ccc1C1CC21. The summed E-state index contributed by atoms with van der Waals surface area (Å²) in [5, 5.41) is 0. The lowest BCUT2D eigenvalue weighted by molar-refractivity contribution is 0.731. The average molecular weight is 637 g/mol. The van der Waals surface area contributed by atoms with Gasteiger partial charge >= 0.3 is 0 Å². The summed E-state index contributed by atoms with van der Waals surface area (Å²) >= 11 is 0. The molecule has 10 rings (SSSR count). The number of nitrogens with zero attached hydrogens (tertiary/aromatic N) is 4. The third-order valence-electron chi connectivity index (χ3n) is 11.8. The summed E-state index contributed by atoms with van der Waals surface area (Å²) in [6.07, 6.45) is 19.9. The van der Waals surface area contributed by atoms with E-state index in [-0.39, 0.29) is 17.4 Å². The molecule has 0 spiro atoms. The van der Waals surface area contributed by atoms with Crippen LogP contribution < -0.4 is 0 Å². The first kappa shape index (κ1) is 29.0. The molecule has 4 aromatic rings. The number of aliphatic imine (C=N–C) groups is 2. The lowest BCUT2D eigenvalue weighted by atomic mass is 9.85. The molecule has 2 aromatic carbocycles. The Morgan fingerprint density at radius 3 is 2.49 bits per heavy atom. The van der Waals surface area contributed by atoms with Crippen LogP contribution in [0, 0.1) is 12.8 Å². The quantitative estimate of drug-likeness (QED) is 0.211. The van der Waals surface area contributed by atoms with Gasteiger partial charge in [-0.1, -0.05) is 104 Å². The fraction of sp³-hybridized carbons (Fsp3) is 0.289. The van der Waals surface area contributed by atoms with E-state index < -0.39 is 0 Å². The highest BCUT2D eigenvalue weighted by Crippen LogP contribution is 2.62. The molecule has 0 N–H and O–H groups in total. The molecule has 5 atom stereocenters. The summed E-state index contributed by atoms with van der Waals surface area (Å²) in [4.78, 5) is 21.3. The van der Waals surface area contributed by atoms with Gasteiger partial charge in [0, 0.05) is 23.2 Å². The fourth-order valence-electron chi connectivity index (χ4n) is 8.93. The molecule has 49 heavy (non-hydrogen) atoms. The normalized spacial score (nSPS) is 27.1. The van der Waals surface area contributed by atoms with Gasteiger partial charge in [0.25, 0.3) is 0 Å². The zero-order valence-corrected chi connectivity index (χ0v) is 28.2. The molecular weight excluding hydrogens is 597 g/mol. The zero-order valence-electron chi connectivity index (χ0n) is 28.2. The highest BCUT2D eigenvalue weighted by molar-refractivity contribution is 6.17. The summed E-state index contributed by atoms with van der Waals surface area (Å²) in [6, 6.07) is 26.5. The molecule has 2 aromatic heterocycles. The van der Waals surface area contributed by atoms with E-state index in [1.54, 1.807) is 0 Å². The second-order valence-electron chi connectivity index (χ2n) is 14.7. The minimum absolute atomic E-state index is 0.241. The summed E-state index contributed by atoms with van der Waals surface area (Å²) in [7, 11) is 0. The predicted molar refractivity (Wildman–Crippen MR) is 199 cm³/mol. The first-order valence-corrected chi connectivity index (χ1v) is 18.2. The number of hydrogen-bond donors (Lipinski definition) is 0. The third kappa shape index (κ3) is 4.71. The maximum Gasteiger partial charge on any atom is 0.151 e. The standard InChI is InChI=1S/C45H40N4/c1-3-34-24-27(2)40-37-25-36(37)35-22-23-39(47-42(35)43(40)46-34)30-18-20-33(21-19-30)45-26-38(45)41(48-44(49-45)32-12-8-5-9-13-32)31-16-14-29(15-17-31)28-10-6-4-7-11-28/h4-8,10-12,14-18,20-24,30,36-38H,3,9,13,19,25-26H2,1-2H3. The van der Waals surface area contributed by atoms with E-state index in [2.05, 4.69) is 123 Å². The molecule has 6 aliphatic rings. The molecule has 4 nitrogen and oxygen atoms in total. The number of fused-ring (bicyclic) bond motifs is 7. The van der Waals surface area contributed by atoms with E-state index in [0.29, 0.717) is 11.8 Å². The van der Waals surface area contributed by atoms with Crippen molar-refractivity contribution in [1.29, 1.82) is 0 Å². The molecule has 3 heterocycles. The largest absolute Gasteiger partial charge is 0.254 e. The van der Waals surface area contributed by atoms with Crippen molar-refractivity contribution < 1.29 is 0 Å². The van der Waals surface area contributed by atoms with E-state index in [1.165, 1.54) is 62.4 Å². The van der Waals surface area contributed by atoms with E-state index in [4.69, 9.17) is 20.0 Å². The predicted octanol–water partition coefficient (Wildman–Crippen LogP) is 10.2. The molecule has 0 saturated heterocycles. The van der Waals surface area contributed by atoms with Gasteiger partial charge in [-0.25, -0.2) is 4.99 Å². The van der Waals surface area contributed by atoms with Gasteiger partial charge in [0.1, 0.15) is 0 Å². The molecule has 0 bridgehead atoms. The number of rotatable bonds is 6. The van der Waals surface area contributed by atoms with E-state index >= 15 is 0 Å². The van der Waals surface area contributed by atoms with Crippen LogP contribution in [0.4, 0.5) is 0 Å². The Balaban J connectivity index is 0.959. The van der Waals surface area contributed by atoms with Crippen LogP contribution >= 0.6 is 0 Å². The van der Waals surface area contributed by atoms with Crippen LogP contribution in [0.3, 0.4) is 0 Å². The van der Waals surface area contributed by atoms with Gasteiger partial charge < -0.3 is 0 Å². The number of aromatic nitrogens is 2. The highest BCUT2D eigenvalue weighted by atomic mass is 15.1. The molecule has 4 heteroatoms. The van der Waals surface area contributed by atoms with Gasteiger partial charge in [-0.2, -0.15) is 0 Å². The van der Waals surface area contributed by atoms with E-state index in [1.807, 2.05) is 0 Å². The molecule has 0 amide bonds. The second kappa shape index (κ2) is 11.0. The van der Waals surface area contributed by atoms with Crippen LogP contribution in [0.5, 0.6) is 0 Å². The smallest absolute Gasteiger partial charge is 0.151 e. The number of pyridine rings is 2. The van der Waals surface area contributed by atoms with Crippen molar-refractivity contribution in [3.05, 3.63) is 154 Å². The summed E-state index contributed by atoms with van der Waals surface area (Å²) in [5.74, 6) is 2.68. The lowest BCUT2D eigenvalue weighted by Crippen LogP contribution is -2.26. The number of allylic oxidation sites excluding steroid dienone is 5. The number of aryl methyl sites for hydroxylation is 2. The Morgan fingerprint density at radius 1 is 0.878 bits per heavy atom. The Kier molecular flexibility index (Phi) is 6.53. The molecule has 2 fully saturated rings. The van der Waals surface area contributed by atoms with Gasteiger partial charge in [0.2, 0.25) is 0 Å². The number of amidine groups is 1. The van der Waals surface area contributed by atoms with Crippen LogP contribution in [0.25, 0.3) is 22.5 Å².